The van der Waals surface area contributed by atoms with E-state index in [4.69, 9.17) is 4.74 Å². The van der Waals surface area contributed by atoms with E-state index in [9.17, 15) is 4.79 Å². The normalized spacial score (nSPS) is 10.5. The first kappa shape index (κ1) is 17.2. The van der Waals surface area contributed by atoms with Crippen LogP contribution < -0.4 is 10.1 Å². The van der Waals surface area contributed by atoms with Gasteiger partial charge < -0.3 is 10.1 Å². The van der Waals surface area contributed by atoms with Gasteiger partial charge in [0.1, 0.15) is 5.75 Å². The van der Waals surface area contributed by atoms with Crippen molar-refractivity contribution in [2.75, 3.05) is 12.4 Å². The molecule has 2 aromatic carbocycles. The molecule has 1 N–H and O–H groups in total. The summed E-state index contributed by atoms with van der Waals surface area (Å²) in [7, 11) is 1.65. The summed E-state index contributed by atoms with van der Waals surface area (Å²) in [6.07, 6.45) is 1.16. The molecule has 1 aromatic heterocycles. The van der Waals surface area contributed by atoms with Crippen molar-refractivity contribution < 1.29 is 9.53 Å². The minimum absolute atomic E-state index is 0.0269. The molecule has 4 nitrogen and oxygen atoms in total. The Hall–Kier alpha value is -2.66. The average molecular weight is 352 g/mol. The first-order chi connectivity index (χ1) is 12.2. The third kappa shape index (κ3) is 4.45. The van der Waals surface area contributed by atoms with Crippen LogP contribution in [0.25, 0.3) is 11.3 Å². The highest BCUT2D eigenvalue weighted by molar-refractivity contribution is 7.14. The molecule has 0 aliphatic carbocycles. The van der Waals surface area contributed by atoms with Crippen molar-refractivity contribution in [3.05, 3.63) is 65.0 Å². The molecule has 25 heavy (non-hydrogen) atoms. The maximum Gasteiger partial charge on any atom is 0.226 e. The van der Waals surface area contributed by atoms with E-state index in [0.717, 1.165) is 34.6 Å². The van der Waals surface area contributed by atoms with Crippen molar-refractivity contribution in [3.63, 3.8) is 0 Å². The molecule has 0 saturated heterocycles. The molecule has 1 amide bonds. The van der Waals surface area contributed by atoms with Gasteiger partial charge in [-0.05, 0) is 31.0 Å². The van der Waals surface area contributed by atoms with Crippen LogP contribution in [0, 0.1) is 6.92 Å². The van der Waals surface area contributed by atoms with Gasteiger partial charge in [-0.1, -0.05) is 42.0 Å². The van der Waals surface area contributed by atoms with Gasteiger partial charge in [0, 0.05) is 17.4 Å². The quantitative estimate of drug-likeness (QED) is 0.700. The number of benzene rings is 2. The number of amides is 1. The maximum absolute atomic E-state index is 12.1. The van der Waals surface area contributed by atoms with Gasteiger partial charge in [-0.15, -0.1) is 11.3 Å². The summed E-state index contributed by atoms with van der Waals surface area (Å²) in [5.74, 6) is 0.749. The van der Waals surface area contributed by atoms with Crippen LogP contribution in [0.3, 0.4) is 0 Å². The molecule has 0 aliphatic heterocycles. The lowest BCUT2D eigenvalue weighted by molar-refractivity contribution is -0.116. The standard InChI is InChI=1S/C20H20N2O2S/c1-14-8-10-18(24-2)16(12-14)17-13-25-20(21-17)22-19(23)11-9-15-6-4-3-5-7-15/h3-8,10,12-13H,9,11H2,1-2H3,(H,21,22,23). The Balaban J connectivity index is 1.65. The lowest BCUT2D eigenvalue weighted by Gasteiger charge is -2.07. The number of nitrogens with one attached hydrogen (secondary N) is 1. The minimum atomic E-state index is -0.0269. The van der Waals surface area contributed by atoms with E-state index in [2.05, 4.69) is 10.3 Å². The van der Waals surface area contributed by atoms with Crippen LogP contribution in [0.1, 0.15) is 17.5 Å². The number of methoxy groups -OCH3 is 1. The number of aromatic nitrogens is 1. The molecule has 3 rings (SSSR count). The molecule has 128 valence electrons. The molecule has 0 atom stereocenters. The minimum Gasteiger partial charge on any atom is -0.496 e. The Bertz CT molecular complexity index is 859. The lowest BCUT2D eigenvalue weighted by Crippen LogP contribution is -2.12. The van der Waals surface area contributed by atoms with Gasteiger partial charge in [0.15, 0.2) is 5.13 Å². The van der Waals surface area contributed by atoms with Gasteiger partial charge in [0.25, 0.3) is 0 Å². The number of carbonyl (C=O) groups excluding carboxylic acids is 1. The van der Waals surface area contributed by atoms with Gasteiger partial charge in [-0.2, -0.15) is 0 Å². The predicted molar refractivity (Wildman–Crippen MR) is 102 cm³/mol. The lowest BCUT2D eigenvalue weighted by atomic mass is 10.1. The fourth-order valence-electron chi connectivity index (χ4n) is 2.56. The zero-order valence-electron chi connectivity index (χ0n) is 14.3. The molecular weight excluding hydrogens is 332 g/mol. The second-order valence-electron chi connectivity index (χ2n) is 5.78. The highest BCUT2D eigenvalue weighted by atomic mass is 32.1. The van der Waals surface area contributed by atoms with E-state index in [-0.39, 0.29) is 5.91 Å². The summed E-state index contributed by atoms with van der Waals surface area (Å²) in [6.45, 7) is 2.03. The zero-order chi connectivity index (χ0) is 17.6. The Morgan fingerprint density at radius 1 is 1.20 bits per heavy atom. The molecule has 0 fully saturated rings. The number of nitrogens with zero attached hydrogens (tertiary/aromatic N) is 1. The summed E-state index contributed by atoms with van der Waals surface area (Å²) in [6, 6.07) is 16.0. The van der Waals surface area contributed by atoms with Crippen LogP contribution in [0.5, 0.6) is 5.75 Å². The van der Waals surface area contributed by atoms with Crippen LogP contribution >= 0.6 is 11.3 Å². The predicted octanol–water partition coefficient (Wildman–Crippen LogP) is 4.70. The number of aryl methyl sites for hydroxylation is 2. The molecule has 0 aliphatic rings. The van der Waals surface area contributed by atoms with E-state index in [0.29, 0.717) is 11.6 Å². The van der Waals surface area contributed by atoms with E-state index in [1.807, 2.05) is 60.8 Å². The van der Waals surface area contributed by atoms with Gasteiger partial charge in [0.2, 0.25) is 5.91 Å². The van der Waals surface area contributed by atoms with E-state index in [1.54, 1.807) is 7.11 Å². The Labute approximate surface area is 151 Å². The van der Waals surface area contributed by atoms with Crippen LogP contribution in [0.4, 0.5) is 5.13 Å². The molecule has 0 saturated carbocycles. The van der Waals surface area contributed by atoms with Crippen LogP contribution in [0.15, 0.2) is 53.9 Å². The summed E-state index contributed by atoms with van der Waals surface area (Å²) in [5, 5.41) is 5.42. The number of anilines is 1. The fraction of sp³-hybridized carbons (Fsp3) is 0.200. The smallest absolute Gasteiger partial charge is 0.226 e. The number of ether oxygens (including phenoxy) is 1. The largest absolute Gasteiger partial charge is 0.496 e. The van der Waals surface area contributed by atoms with Gasteiger partial charge in [-0.25, -0.2) is 4.98 Å². The molecule has 0 unspecified atom stereocenters. The highest BCUT2D eigenvalue weighted by Gasteiger charge is 2.12. The van der Waals surface area contributed by atoms with Gasteiger partial charge >= 0.3 is 0 Å². The Morgan fingerprint density at radius 3 is 2.76 bits per heavy atom. The number of hydrogen-bond donors (Lipinski definition) is 1. The molecule has 5 heteroatoms. The third-order valence-corrected chi connectivity index (χ3v) is 4.62. The van der Waals surface area contributed by atoms with Crippen molar-refractivity contribution >= 4 is 22.4 Å². The van der Waals surface area contributed by atoms with Gasteiger partial charge in [0.05, 0.1) is 12.8 Å². The summed E-state index contributed by atoms with van der Waals surface area (Å²) < 4.78 is 5.41. The molecule has 1 heterocycles. The van der Waals surface area contributed by atoms with E-state index < -0.39 is 0 Å². The second kappa shape index (κ2) is 7.94. The molecule has 0 radical (unpaired) electrons. The van der Waals surface area contributed by atoms with Crippen LogP contribution in [-0.2, 0) is 11.2 Å². The summed E-state index contributed by atoms with van der Waals surface area (Å²) >= 11 is 1.42. The average Bonchev–Trinajstić information content (AvgIpc) is 3.09. The van der Waals surface area contributed by atoms with Crippen molar-refractivity contribution in [1.29, 1.82) is 0 Å². The molecule has 3 aromatic rings. The van der Waals surface area contributed by atoms with Crippen molar-refractivity contribution in [1.82, 2.24) is 4.98 Å². The molecule has 0 bridgehead atoms. The fourth-order valence-corrected chi connectivity index (χ4v) is 3.29. The third-order valence-electron chi connectivity index (χ3n) is 3.87. The van der Waals surface area contributed by atoms with Crippen molar-refractivity contribution in [2.45, 2.75) is 19.8 Å². The van der Waals surface area contributed by atoms with Crippen molar-refractivity contribution in [2.24, 2.45) is 0 Å². The number of hydrogen-bond acceptors (Lipinski definition) is 4. The second-order valence-corrected chi connectivity index (χ2v) is 6.63. The SMILES string of the molecule is COc1ccc(C)cc1-c1csc(NC(=O)CCc2ccccc2)n1. The Morgan fingerprint density at radius 2 is 2.00 bits per heavy atom. The first-order valence-corrected chi connectivity index (χ1v) is 8.98. The monoisotopic (exact) mass is 352 g/mol. The van der Waals surface area contributed by atoms with Crippen LogP contribution in [0.2, 0.25) is 0 Å². The first-order valence-electron chi connectivity index (χ1n) is 8.10. The van der Waals surface area contributed by atoms with Crippen LogP contribution in [-0.4, -0.2) is 18.0 Å². The van der Waals surface area contributed by atoms with E-state index in [1.165, 1.54) is 11.3 Å². The highest BCUT2D eigenvalue weighted by Crippen LogP contribution is 2.33. The topological polar surface area (TPSA) is 51.2 Å². The van der Waals surface area contributed by atoms with Crippen molar-refractivity contribution in [3.8, 4) is 17.0 Å². The number of rotatable bonds is 6. The number of thiazole rings is 1. The summed E-state index contributed by atoms with van der Waals surface area (Å²) in [4.78, 5) is 16.7. The Kier molecular flexibility index (Phi) is 5.46. The number of carbonyl (C=O) groups is 1. The molecule has 0 spiro atoms. The zero-order valence-corrected chi connectivity index (χ0v) is 15.1. The summed E-state index contributed by atoms with van der Waals surface area (Å²) in [5.41, 5.74) is 4.03. The molecular formula is C20H20N2O2S. The van der Waals surface area contributed by atoms with E-state index >= 15 is 0 Å². The van der Waals surface area contributed by atoms with Gasteiger partial charge in [-0.3, -0.25) is 4.79 Å². The maximum atomic E-state index is 12.1.